The zero-order valence-electron chi connectivity index (χ0n) is 15.7. The predicted octanol–water partition coefficient (Wildman–Crippen LogP) is 4.89. The van der Waals surface area contributed by atoms with Crippen molar-refractivity contribution in [3.05, 3.63) is 59.4 Å². The van der Waals surface area contributed by atoms with E-state index in [1.807, 2.05) is 37.3 Å². The van der Waals surface area contributed by atoms with Gasteiger partial charge >= 0.3 is 0 Å². The van der Waals surface area contributed by atoms with Gasteiger partial charge in [0.15, 0.2) is 0 Å². The summed E-state index contributed by atoms with van der Waals surface area (Å²) in [7, 11) is 1.57. The number of nitrogens with one attached hydrogen (secondary N) is 3. The number of carbonyl (C=O) groups excluding carboxylic acids is 1. The molecular weight excluding hydrogens is 378 g/mol. The summed E-state index contributed by atoms with van der Waals surface area (Å²) in [5.41, 5.74) is 2.36. The molecule has 1 heterocycles. The van der Waals surface area contributed by atoms with Crippen LogP contribution in [0.4, 0.5) is 28.7 Å². The van der Waals surface area contributed by atoms with Crippen molar-refractivity contribution in [3.8, 4) is 5.75 Å². The zero-order valence-corrected chi connectivity index (χ0v) is 16.5. The van der Waals surface area contributed by atoms with E-state index in [-0.39, 0.29) is 5.91 Å². The lowest BCUT2D eigenvalue weighted by Gasteiger charge is -2.12. The number of halogens is 1. The SMILES string of the molecule is COc1ccc(Nc2cc(Nc3ccc(NC(C)=O)cc3)nc(C)n2)cc1Cl. The predicted molar refractivity (Wildman–Crippen MR) is 112 cm³/mol. The molecule has 0 bridgehead atoms. The van der Waals surface area contributed by atoms with Crippen LogP contribution in [0.15, 0.2) is 48.5 Å². The molecule has 0 saturated carbocycles. The second-order valence-electron chi connectivity index (χ2n) is 6.04. The van der Waals surface area contributed by atoms with Crippen LogP contribution in [0.5, 0.6) is 5.75 Å². The molecule has 0 spiro atoms. The molecule has 7 nitrogen and oxygen atoms in total. The monoisotopic (exact) mass is 397 g/mol. The summed E-state index contributed by atoms with van der Waals surface area (Å²) in [6.45, 7) is 3.29. The molecule has 144 valence electrons. The number of methoxy groups -OCH3 is 1. The first-order valence-corrected chi connectivity index (χ1v) is 8.91. The Morgan fingerprint density at radius 3 is 2.07 bits per heavy atom. The minimum atomic E-state index is -0.110. The molecule has 2 aromatic carbocycles. The minimum Gasteiger partial charge on any atom is -0.495 e. The van der Waals surface area contributed by atoms with E-state index in [2.05, 4.69) is 25.9 Å². The van der Waals surface area contributed by atoms with E-state index >= 15 is 0 Å². The molecule has 0 fully saturated rings. The van der Waals surface area contributed by atoms with Crippen molar-refractivity contribution in [1.82, 2.24) is 9.97 Å². The van der Waals surface area contributed by atoms with Gasteiger partial charge in [-0.3, -0.25) is 4.79 Å². The number of hydrogen-bond acceptors (Lipinski definition) is 6. The molecule has 8 heteroatoms. The maximum Gasteiger partial charge on any atom is 0.221 e. The molecule has 0 aliphatic rings. The van der Waals surface area contributed by atoms with E-state index in [0.29, 0.717) is 28.2 Å². The average Bonchev–Trinajstić information content (AvgIpc) is 2.63. The third-order valence-electron chi connectivity index (χ3n) is 3.74. The first kappa shape index (κ1) is 19.4. The number of anilines is 5. The maximum absolute atomic E-state index is 11.1. The number of hydrogen-bond donors (Lipinski definition) is 3. The average molecular weight is 398 g/mol. The highest BCUT2D eigenvalue weighted by atomic mass is 35.5. The first-order chi connectivity index (χ1) is 13.4. The summed E-state index contributed by atoms with van der Waals surface area (Å²) in [6.07, 6.45) is 0. The molecule has 3 rings (SSSR count). The second kappa shape index (κ2) is 8.58. The smallest absolute Gasteiger partial charge is 0.221 e. The quantitative estimate of drug-likeness (QED) is 0.548. The number of carbonyl (C=O) groups is 1. The van der Waals surface area contributed by atoms with Gasteiger partial charge in [-0.2, -0.15) is 0 Å². The van der Waals surface area contributed by atoms with Gasteiger partial charge in [0.05, 0.1) is 12.1 Å². The van der Waals surface area contributed by atoms with Crippen molar-refractivity contribution >= 4 is 46.2 Å². The van der Waals surface area contributed by atoms with Gasteiger partial charge in [0.25, 0.3) is 0 Å². The largest absolute Gasteiger partial charge is 0.495 e. The normalized spacial score (nSPS) is 10.3. The topological polar surface area (TPSA) is 88.2 Å². The van der Waals surface area contributed by atoms with E-state index in [1.54, 1.807) is 25.3 Å². The van der Waals surface area contributed by atoms with Gasteiger partial charge in [0.2, 0.25) is 5.91 Å². The Hall–Kier alpha value is -3.32. The molecule has 28 heavy (non-hydrogen) atoms. The highest BCUT2D eigenvalue weighted by Crippen LogP contribution is 2.29. The number of rotatable bonds is 6. The van der Waals surface area contributed by atoms with Crippen molar-refractivity contribution in [2.75, 3.05) is 23.1 Å². The Morgan fingerprint density at radius 1 is 0.929 bits per heavy atom. The van der Waals surface area contributed by atoms with E-state index in [9.17, 15) is 4.79 Å². The molecular formula is C20H20ClN5O2. The van der Waals surface area contributed by atoms with E-state index < -0.39 is 0 Å². The molecule has 0 saturated heterocycles. The Bertz CT molecular complexity index is 992. The van der Waals surface area contributed by atoms with Gasteiger partial charge in [-0.15, -0.1) is 0 Å². The lowest BCUT2D eigenvalue weighted by molar-refractivity contribution is -0.114. The van der Waals surface area contributed by atoms with Gasteiger partial charge in [-0.05, 0) is 49.4 Å². The molecule has 0 unspecified atom stereocenters. The highest BCUT2D eigenvalue weighted by molar-refractivity contribution is 6.32. The zero-order chi connectivity index (χ0) is 20.1. The number of nitrogens with zero attached hydrogens (tertiary/aromatic N) is 2. The van der Waals surface area contributed by atoms with Gasteiger partial charge in [-0.25, -0.2) is 9.97 Å². The summed E-state index contributed by atoms with van der Waals surface area (Å²) in [5.74, 6) is 2.38. The Balaban J connectivity index is 1.76. The summed E-state index contributed by atoms with van der Waals surface area (Å²) >= 11 is 6.17. The molecule has 3 aromatic rings. The van der Waals surface area contributed by atoms with E-state index in [0.717, 1.165) is 17.1 Å². The van der Waals surface area contributed by atoms with Gasteiger partial charge in [0.1, 0.15) is 23.2 Å². The van der Waals surface area contributed by atoms with Gasteiger partial charge < -0.3 is 20.7 Å². The fourth-order valence-corrected chi connectivity index (χ4v) is 2.83. The fourth-order valence-electron chi connectivity index (χ4n) is 2.58. The third kappa shape index (κ3) is 5.11. The summed E-state index contributed by atoms with van der Waals surface area (Å²) in [5, 5.41) is 9.69. The lowest BCUT2D eigenvalue weighted by Crippen LogP contribution is -2.05. The van der Waals surface area contributed by atoms with Crippen LogP contribution in [0.3, 0.4) is 0 Å². The lowest BCUT2D eigenvalue weighted by atomic mass is 10.2. The van der Waals surface area contributed by atoms with Crippen LogP contribution in [0.25, 0.3) is 0 Å². The van der Waals surface area contributed by atoms with Crippen molar-refractivity contribution in [1.29, 1.82) is 0 Å². The van der Waals surface area contributed by atoms with E-state index in [4.69, 9.17) is 16.3 Å². The van der Waals surface area contributed by atoms with Crippen molar-refractivity contribution in [2.24, 2.45) is 0 Å². The molecule has 0 aliphatic heterocycles. The molecule has 3 N–H and O–H groups in total. The fraction of sp³-hybridized carbons (Fsp3) is 0.150. The number of aromatic nitrogens is 2. The number of benzene rings is 2. The molecule has 0 radical (unpaired) electrons. The van der Waals surface area contributed by atoms with Crippen molar-refractivity contribution in [3.63, 3.8) is 0 Å². The number of amides is 1. The third-order valence-corrected chi connectivity index (χ3v) is 4.04. The Labute approximate surface area is 168 Å². The first-order valence-electron chi connectivity index (χ1n) is 8.54. The molecule has 0 atom stereocenters. The van der Waals surface area contributed by atoms with Crippen LogP contribution in [0.2, 0.25) is 5.02 Å². The summed E-state index contributed by atoms with van der Waals surface area (Å²) in [6, 6.07) is 14.6. The highest BCUT2D eigenvalue weighted by Gasteiger charge is 2.06. The molecule has 0 aliphatic carbocycles. The molecule has 1 amide bonds. The number of ether oxygens (including phenoxy) is 1. The van der Waals surface area contributed by atoms with Crippen LogP contribution in [0.1, 0.15) is 12.7 Å². The van der Waals surface area contributed by atoms with Gasteiger partial charge in [-0.1, -0.05) is 11.6 Å². The Morgan fingerprint density at radius 2 is 1.50 bits per heavy atom. The van der Waals surface area contributed by atoms with Crippen LogP contribution < -0.4 is 20.7 Å². The van der Waals surface area contributed by atoms with Crippen LogP contribution in [0, 0.1) is 6.92 Å². The van der Waals surface area contributed by atoms with E-state index in [1.165, 1.54) is 6.92 Å². The van der Waals surface area contributed by atoms with Crippen molar-refractivity contribution in [2.45, 2.75) is 13.8 Å². The Kier molecular flexibility index (Phi) is 5.96. The summed E-state index contributed by atoms with van der Waals surface area (Å²) < 4.78 is 5.17. The van der Waals surface area contributed by atoms with Crippen LogP contribution >= 0.6 is 11.6 Å². The maximum atomic E-state index is 11.1. The standard InChI is InChI=1S/C20H20ClN5O2/c1-12-22-19(25-15-6-4-14(5-7-15)24-13(2)27)11-20(23-12)26-16-8-9-18(28-3)17(21)10-16/h4-11H,1-3H3,(H,24,27)(H2,22,23,25,26). The van der Waals surface area contributed by atoms with Crippen LogP contribution in [-0.2, 0) is 4.79 Å². The molecule has 1 aromatic heterocycles. The minimum absolute atomic E-state index is 0.110. The summed E-state index contributed by atoms with van der Waals surface area (Å²) in [4.78, 5) is 19.9. The van der Waals surface area contributed by atoms with Gasteiger partial charge in [0, 0.05) is 30.1 Å². The second-order valence-corrected chi connectivity index (χ2v) is 6.45. The van der Waals surface area contributed by atoms with Crippen molar-refractivity contribution < 1.29 is 9.53 Å². The number of aryl methyl sites for hydroxylation is 1. The van der Waals surface area contributed by atoms with Crippen LogP contribution in [-0.4, -0.2) is 23.0 Å².